The summed E-state index contributed by atoms with van der Waals surface area (Å²) in [5.41, 5.74) is -0.418. The maximum atomic E-state index is 12.9. The molecule has 150 valence electrons. The quantitative estimate of drug-likeness (QED) is 0.546. The van der Waals surface area contributed by atoms with Crippen molar-refractivity contribution in [2.75, 3.05) is 7.11 Å². The lowest BCUT2D eigenvalue weighted by atomic mass is 10.2. The minimum Gasteiger partial charge on any atom is -0.467 e. The molecule has 0 aliphatic heterocycles. The van der Waals surface area contributed by atoms with E-state index in [-0.39, 0.29) is 11.5 Å². The number of halogens is 2. The van der Waals surface area contributed by atoms with Crippen molar-refractivity contribution in [1.29, 1.82) is 0 Å². The molecule has 1 aromatic carbocycles. The summed E-state index contributed by atoms with van der Waals surface area (Å²) in [5.74, 6) is -1.18. The number of imide groups is 1. The number of hydrogen-bond acceptors (Lipinski definition) is 6. The van der Waals surface area contributed by atoms with E-state index >= 15 is 0 Å². The number of amides is 2. The normalized spacial score (nSPS) is 12.3. The van der Waals surface area contributed by atoms with Crippen LogP contribution < -0.4 is 0 Å². The van der Waals surface area contributed by atoms with Crippen molar-refractivity contribution in [3.63, 3.8) is 0 Å². The molecule has 27 heavy (non-hydrogen) atoms. The van der Waals surface area contributed by atoms with Gasteiger partial charge in [-0.15, -0.1) is 0 Å². The Labute approximate surface area is 156 Å². The highest BCUT2D eigenvalue weighted by molar-refractivity contribution is 5.94. The van der Waals surface area contributed by atoms with Gasteiger partial charge < -0.3 is 14.2 Å². The van der Waals surface area contributed by atoms with Crippen LogP contribution in [0.15, 0.2) is 30.3 Å². The topological polar surface area (TPSA) is 82.1 Å². The Bertz CT molecular complexity index is 645. The highest BCUT2D eigenvalue weighted by Crippen LogP contribution is 2.19. The van der Waals surface area contributed by atoms with Crippen molar-refractivity contribution in [2.45, 2.75) is 51.9 Å². The molecule has 0 fully saturated rings. The van der Waals surface area contributed by atoms with Gasteiger partial charge in [-0.3, -0.25) is 0 Å². The Kier molecular flexibility index (Phi) is 8.14. The number of methoxy groups -OCH3 is 1. The molecule has 1 unspecified atom stereocenters. The SMILES string of the molecule is COC(=O)C(CC(F)F)N(C(=O)OCc1ccccc1)C(=O)OC(C)(C)C. The van der Waals surface area contributed by atoms with Gasteiger partial charge >= 0.3 is 18.2 Å². The van der Waals surface area contributed by atoms with Gasteiger partial charge in [0.05, 0.1) is 7.11 Å². The van der Waals surface area contributed by atoms with Crippen LogP contribution >= 0.6 is 0 Å². The van der Waals surface area contributed by atoms with Crippen molar-refractivity contribution in [3.8, 4) is 0 Å². The molecule has 1 atom stereocenters. The van der Waals surface area contributed by atoms with Crippen LogP contribution in [0.2, 0.25) is 0 Å². The van der Waals surface area contributed by atoms with Crippen LogP contribution in [-0.2, 0) is 25.6 Å². The van der Waals surface area contributed by atoms with E-state index in [1.807, 2.05) is 0 Å². The maximum absolute atomic E-state index is 12.9. The third kappa shape index (κ3) is 7.59. The summed E-state index contributed by atoms with van der Waals surface area (Å²) in [6.45, 7) is 4.36. The largest absolute Gasteiger partial charge is 0.467 e. The standard InChI is InChI=1S/C18H23F2NO6/c1-18(2,3)27-17(24)21(13(10-14(19)20)15(22)25-4)16(23)26-11-12-8-6-5-7-9-12/h5-9,13-14H,10-11H2,1-4H3. The highest BCUT2D eigenvalue weighted by Gasteiger charge is 2.41. The fourth-order valence-electron chi connectivity index (χ4n) is 2.04. The molecular formula is C18H23F2NO6. The van der Waals surface area contributed by atoms with E-state index < -0.39 is 42.6 Å². The predicted molar refractivity (Wildman–Crippen MR) is 91.1 cm³/mol. The van der Waals surface area contributed by atoms with Gasteiger partial charge in [-0.1, -0.05) is 30.3 Å². The second-order valence-corrected chi connectivity index (χ2v) is 6.56. The average Bonchev–Trinajstić information content (AvgIpc) is 2.57. The van der Waals surface area contributed by atoms with Crippen molar-refractivity contribution in [3.05, 3.63) is 35.9 Å². The second-order valence-electron chi connectivity index (χ2n) is 6.56. The van der Waals surface area contributed by atoms with E-state index in [1.54, 1.807) is 30.3 Å². The number of carbonyl (C=O) groups excluding carboxylic acids is 3. The molecule has 7 nitrogen and oxygen atoms in total. The molecule has 0 radical (unpaired) electrons. The first-order valence-corrected chi connectivity index (χ1v) is 8.14. The molecule has 9 heteroatoms. The molecule has 0 N–H and O–H groups in total. The van der Waals surface area contributed by atoms with Gasteiger partial charge in [-0.2, -0.15) is 4.90 Å². The summed E-state index contributed by atoms with van der Waals surface area (Å²) >= 11 is 0. The fourth-order valence-corrected chi connectivity index (χ4v) is 2.04. The molecule has 0 bridgehead atoms. The summed E-state index contributed by atoms with van der Waals surface area (Å²) in [7, 11) is 0.962. The summed E-state index contributed by atoms with van der Waals surface area (Å²) in [5, 5.41) is 0. The number of hydrogen-bond donors (Lipinski definition) is 0. The lowest BCUT2D eigenvalue weighted by Crippen LogP contribution is -2.51. The van der Waals surface area contributed by atoms with Gasteiger partial charge in [0.15, 0.2) is 0 Å². The maximum Gasteiger partial charge on any atom is 0.420 e. The Morgan fingerprint density at radius 1 is 1.07 bits per heavy atom. The molecular weight excluding hydrogens is 364 g/mol. The number of esters is 1. The average molecular weight is 387 g/mol. The minimum absolute atomic E-state index is 0.221. The number of nitrogens with zero attached hydrogens (tertiary/aromatic N) is 1. The van der Waals surface area contributed by atoms with Crippen LogP contribution in [0.1, 0.15) is 32.8 Å². The van der Waals surface area contributed by atoms with Crippen molar-refractivity contribution in [1.82, 2.24) is 4.90 Å². The lowest BCUT2D eigenvalue weighted by Gasteiger charge is -2.29. The number of ether oxygens (including phenoxy) is 3. The fraction of sp³-hybridized carbons (Fsp3) is 0.500. The van der Waals surface area contributed by atoms with Crippen LogP contribution in [0.4, 0.5) is 18.4 Å². The first-order valence-electron chi connectivity index (χ1n) is 8.14. The van der Waals surface area contributed by atoms with E-state index in [4.69, 9.17) is 9.47 Å². The van der Waals surface area contributed by atoms with E-state index in [0.29, 0.717) is 5.56 Å². The summed E-state index contributed by atoms with van der Waals surface area (Å²) in [6.07, 6.45) is -6.64. The van der Waals surface area contributed by atoms with E-state index in [2.05, 4.69) is 4.74 Å². The van der Waals surface area contributed by atoms with Gasteiger partial charge in [0.2, 0.25) is 6.43 Å². The summed E-state index contributed by atoms with van der Waals surface area (Å²) in [4.78, 5) is 37.0. The van der Waals surface area contributed by atoms with Crippen LogP contribution in [0, 0.1) is 0 Å². The molecule has 0 aliphatic carbocycles. The number of carbonyl (C=O) groups is 3. The van der Waals surface area contributed by atoms with Gasteiger partial charge in [0.1, 0.15) is 18.2 Å². The highest BCUT2D eigenvalue weighted by atomic mass is 19.3. The molecule has 0 aliphatic rings. The van der Waals surface area contributed by atoms with Crippen molar-refractivity contribution >= 4 is 18.2 Å². The van der Waals surface area contributed by atoms with Crippen molar-refractivity contribution in [2.24, 2.45) is 0 Å². The Morgan fingerprint density at radius 2 is 1.67 bits per heavy atom. The molecule has 0 aromatic heterocycles. The number of benzene rings is 1. The molecule has 1 rings (SSSR count). The number of rotatable bonds is 6. The summed E-state index contributed by atoms with van der Waals surface area (Å²) in [6, 6.07) is 6.64. The first kappa shape index (κ1) is 22.3. The Hall–Kier alpha value is -2.71. The molecule has 0 spiro atoms. The van der Waals surface area contributed by atoms with Crippen LogP contribution in [0.3, 0.4) is 0 Å². The van der Waals surface area contributed by atoms with E-state index in [1.165, 1.54) is 20.8 Å². The smallest absolute Gasteiger partial charge is 0.420 e. The molecule has 1 aromatic rings. The van der Waals surface area contributed by atoms with Crippen molar-refractivity contribution < 1.29 is 37.4 Å². The first-order chi connectivity index (χ1) is 12.5. The van der Waals surface area contributed by atoms with Gasteiger partial charge in [-0.25, -0.2) is 23.2 Å². The van der Waals surface area contributed by atoms with Gasteiger partial charge in [0, 0.05) is 6.42 Å². The van der Waals surface area contributed by atoms with Crippen LogP contribution in [0.5, 0.6) is 0 Å². The van der Waals surface area contributed by atoms with E-state index in [9.17, 15) is 23.2 Å². The lowest BCUT2D eigenvalue weighted by molar-refractivity contribution is -0.147. The zero-order chi connectivity index (χ0) is 20.6. The molecule has 0 heterocycles. The zero-order valence-electron chi connectivity index (χ0n) is 15.6. The van der Waals surface area contributed by atoms with Crippen LogP contribution in [-0.4, -0.2) is 48.2 Å². The molecule has 0 saturated heterocycles. The van der Waals surface area contributed by atoms with E-state index in [0.717, 1.165) is 7.11 Å². The van der Waals surface area contributed by atoms with Gasteiger partial charge in [-0.05, 0) is 26.3 Å². The second kappa shape index (κ2) is 9.84. The Balaban J connectivity index is 3.08. The van der Waals surface area contributed by atoms with Gasteiger partial charge in [0.25, 0.3) is 0 Å². The van der Waals surface area contributed by atoms with Crippen LogP contribution in [0.25, 0.3) is 0 Å². The third-order valence-corrected chi connectivity index (χ3v) is 3.18. The zero-order valence-corrected chi connectivity index (χ0v) is 15.6. The summed E-state index contributed by atoms with van der Waals surface area (Å²) < 4.78 is 40.4. The minimum atomic E-state index is -2.97. The Morgan fingerprint density at radius 3 is 2.15 bits per heavy atom. The third-order valence-electron chi connectivity index (χ3n) is 3.18. The molecule has 2 amide bonds. The number of alkyl halides is 2. The molecule has 0 saturated carbocycles. The predicted octanol–water partition coefficient (Wildman–Crippen LogP) is 3.76. The monoisotopic (exact) mass is 387 g/mol.